The molecule has 3 N–H and O–H groups in total. The summed E-state index contributed by atoms with van der Waals surface area (Å²) >= 11 is 1.65. The van der Waals surface area contributed by atoms with Crippen LogP contribution in [-0.2, 0) is 17.0 Å². The van der Waals surface area contributed by atoms with Crippen molar-refractivity contribution in [2.24, 2.45) is 10.9 Å². The predicted molar refractivity (Wildman–Crippen MR) is 108 cm³/mol. The second-order valence-corrected chi connectivity index (χ2v) is 7.37. The van der Waals surface area contributed by atoms with E-state index in [1.807, 2.05) is 13.2 Å². The number of hydrogen-bond acceptors (Lipinski definition) is 4. The van der Waals surface area contributed by atoms with Crippen molar-refractivity contribution in [2.45, 2.75) is 39.2 Å². The summed E-state index contributed by atoms with van der Waals surface area (Å²) in [5, 5.41) is 16.3. The molecule has 7 heteroatoms. The number of guanidine groups is 1. The Morgan fingerprint density at radius 3 is 2.69 bits per heavy atom. The van der Waals surface area contributed by atoms with Crippen molar-refractivity contribution in [1.82, 2.24) is 10.6 Å². The van der Waals surface area contributed by atoms with Gasteiger partial charge in [0.25, 0.3) is 0 Å². The van der Waals surface area contributed by atoms with E-state index < -0.39 is 6.10 Å². The van der Waals surface area contributed by atoms with Gasteiger partial charge in [0.05, 0.1) is 19.3 Å². The Bertz CT molecular complexity index is 556. The van der Waals surface area contributed by atoms with Crippen LogP contribution < -0.4 is 10.6 Å². The van der Waals surface area contributed by atoms with Crippen LogP contribution in [0.4, 0.5) is 4.39 Å². The number of rotatable bonds is 11. The molecule has 1 aromatic carbocycles. The zero-order valence-electron chi connectivity index (χ0n) is 16.2. The van der Waals surface area contributed by atoms with E-state index >= 15 is 0 Å². The highest BCUT2D eigenvalue weighted by Gasteiger charge is 2.08. The molecular formula is C19H32FN3O2S. The molecule has 0 aliphatic rings. The fourth-order valence-electron chi connectivity index (χ4n) is 2.26. The fourth-order valence-corrected chi connectivity index (χ4v) is 2.84. The monoisotopic (exact) mass is 385 g/mol. The SMILES string of the molecule is CCNC(=NCc1ccc(F)cc1CSC)NCC(O)COCC(C)C. The summed E-state index contributed by atoms with van der Waals surface area (Å²) in [5.74, 6) is 1.59. The summed E-state index contributed by atoms with van der Waals surface area (Å²) in [6.45, 7) is 8.57. The number of thioether (sulfide) groups is 1. The Kier molecular flexibility index (Phi) is 11.3. The Hall–Kier alpha value is -1.31. The van der Waals surface area contributed by atoms with Crippen LogP contribution >= 0.6 is 11.8 Å². The molecule has 0 radical (unpaired) electrons. The molecule has 0 spiro atoms. The molecule has 1 aromatic rings. The number of nitrogens with one attached hydrogen (secondary N) is 2. The normalized spacial score (nSPS) is 13.1. The van der Waals surface area contributed by atoms with E-state index in [-0.39, 0.29) is 5.82 Å². The van der Waals surface area contributed by atoms with Crippen LogP contribution in [0.5, 0.6) is 0 Å². The van der Waals surface area contributed by atoms with Crippen molar-refractivity contribution >= 4 is 17.7 Å². The topological polar surface area (TPSA) is 65.9 Å². The van der Waals surface area contributed by atoms with Crippen LogP contribution in [0.25, 0.3) is 0 Å². The van der Waals surface area contributed by atoms with E-state index in [0.29, 0.717) is 44.7 Å². The first-order valence-corrected chi connectivity index (χ1v) is 10.4. The number of hydrogen-bond donors (Lipinski definition) is 3. The van der Waals surface area contributed by atoms with Crippen molar-refractivity contribution in [3.8, 4) is 0 Å². The van der Waals surface area contributed by atoms with E-state index in [2.05, 4.69) is 29.5 Å². The van der Waals surface area contributed by atoms with E-state index in [0.717, 1.165) is 16.9 Å². The fraction of sp³-hybridized carbons (Fsp3) is 0.632. The Labute approximate surface area is 160 Å². The maximum atomic E-state index is 13.4. The first-order chi connectivity index (χ1) is 12.5. The lowest BCUT2D eigenvalue weighted by atomic mass is 10.1. The van der Waals surface area contributed by atoms with Crippen LogP contribution in [0.2, 0.25) is 0 Å². The molecule has 1 unspecified atom stereocenters. The zero-order valence-corrected chi connectivity index (χ0v) is 17.0. The number of benzene rings is 1. The Morgan fingerprint density at radius 1 is 1.27 bits per heavy atom. The molecule has 148 valence electrons. The maximum absolute atomic E-state index is 13.4. The van der Waals surface area contributed by atoms with Crippen LogP contribution in [0.15, 0.2) is 23.2 Å². The highest BCUT2D eigenvalue weighted by Crippen LogP contribution is 2.17. The minimum Gasteiger partial charge on any atom is -0.389 e. The third kappa shape index (κ3) is 9.40. The van der Waals surface area contributed by atoms with Gasteiger partial charge < -0.3 is 20.5 Å². The lowest BCUT2D eigenvalue weighted by Gasteiger charge is -2.16. The molecule has 5 nitrogen and oxygen atoms in total. The van der Waals surface area contributed by atoms with Crippen molar-refractivity contribution in [1.29, 1.82) is 0 Å². The summed E-state index contributed by atoms with van der Waals surface area (Å²) in [6.07, 6.45) is 1.39. The molecule has 1 atom stereocenters. The Balaban J connectivity index is 2.60. The summed E-state index contributed by atoms with van der Waals surface area (Å²) in [7, 11) is 0. The minimum atomic E-state index is -0.601. The smallest absolute Gasteiger partial charge is 0.191 e. The predicted octanol–water partition coefficient (Wildman–Crippen LogP) is 2.78. The standard InChI is InChI=1S/C19H32FN3O2S/c1-5-21-19(23-10-18(24)12-25-11-14(2)3)22-9-15-6-7-17(20)8-16(15)13-26-4/h6-8,14,18,24H,5,9-13H2,1-4H3,(H2,21,22,23). The molecule has 0 saturated heterocycles. The van der Waals surface area contributed by atoms with Crippen LogP contribution in [0, 0.1) is 11.7 Å². The van der Waals surface area contributed by atoms with Crippen LogP contribution in [-0.4, -0.2) is 49.7 Å². The average molecular weight is 386 g/mol. The largest absolute Gasteiger partial charge is 0.389 e. The van der Waals surface area contributed by atoms with E-state index in [1.165, 1.54) is 6.07 Å². The molecular weight excluding hydrogens is 353 g/mol. The molecule has 0 amide bonds. The molecule has 0 bridgehead atoms. The average Bonchev–Trinajstić information content (AvgIpc) is 2.58. The first-order valence-electron chi connectivity index (χ1n) is 9.00. The van der Waals surface area contributed by atoms with Gasteiger partial charge in [-0.1, -0.05) is 19.9 Å². The van der Waals surface area contributed by atoms with Gasteiger partial charge in [0.15, 0.2) is 5.96 Å². The number of halogens is 1. The molecule has 0 aliphatic carbocycles. The van der Waals surface area contributed by atoms with Crippen molar-refractivity contribution in [3.63, 3.8) is 0 Å². The van der Waals surface area contributed by atoms with Crippen molar-refractivity contribution < 1.29 is 14.2 Å². The van der Waals surface area contributed by atoms with E-state index in [9.17, 15) is 9.50 Å². The van der Waals surface area contributed by atoms with Gasteiger partial charge in [-0.2, -0.15) is 11.8 Å². The molecule has 0 aromatic heterocycles. The number of aliphatic imine (C=N–C) groups is 1. The summed E-state index contributed by atoms with van der Waals surface area (Å²) in [4.78, 5) is 4.55. The lowest BCUT2D eigenvalue weighted by Crippen LogP contribution is -2.42. The molecule has 0 heterocycles. The van der Waals surface area contributed by atoms with Crippen LogP contribution in [0.3, 0.4) is 0 Å². The molecule has 0 fully saturated rings. The van der Waals surface area contributed by atoms with Gasteiger partial charge >= 0.3 is 0 Å². The van der Waals surface area contributed by atoms with Gasteiger partial charge in [-0.3, -0.25) is 0 Å². The molecule has 0 saturated carbocycles. The van der Waals surface area contributed by atoms with Gasteiger partial charge in [0.2, 0.25) is 0 Å². The number of nitrogens with zero attached hydrogens (tertiary/aromatic N) is 1. The minimum absolute atomic E-state index is 0.226. The van der Waals surface area contributed by atoms with Crippen LogP contribution in [0.1, 0.15) is 31.9 Å². The summed E-state index contributed by atoms with van der Waals surface area (Å²) in [5.41, 5.74) is 1.96. The van der Waals surface area contributed by atoms with Gasteiger partial charge in [-0.25, -0.2) is 9.38 Å². The highest BCUT2D eigenvalue weighted by molar-refractivity contribution is 7.97. The van der Waals surface area contributed by atoms with Gasteiger partial charge in [0, 0.05) is 25.4 Å². The molecule has 0 aliphatic heterocycles. The van der Waals surface area contributed by atoms with Gasteiger partial charge in [0.1, 0.15) is 5.82 Å². The molecule has 1 rings (SSSR count). The van der Waals surface area contributed by atoms with E-state index in [1.54, 1.807) is 23.9 Å². The van der Waals surface area contributed by atoms with E-state index in [4.69, 9.17) is 4.74 Å². The lowest BCUT2D eigenvalue weighted by molar-refractivity contribution is 0.0280. The second kappa shape index (κ2) is 12.9. The third-order valence-electron chi connectivity index (χ3n) is 3.49. The first kappa shape index (κ1) is 22.7. The summed E-state index contributed by atoms with van der Waals surface area (Å²) in [6, 6.07) is 4.81. The summed E-state index contributed by atoms with van der Waals surface area (Å²) < 4.78 is 18.9. The molecule has 26 heavy (non-hydrogen) atoms. The van der Waals surface area contributed by atoms with Crippen molar-refractivity contribution in [3.05, 3.63) is 35.1 Å². The van der Waals surface area contributed by atoms with Gasteiger partial charge in [-0.05, 0) is 42.4 Å². The quantitative estimate of drug-likeness (QED) is 0.404. The zero-order chi connectivity index (χ0) is 19.4. The highest BCUT2D eigenvalue weighted by atomic mass is 32.2. The van der Waals surface area contributed by atoms with Crippen molar-refractivity contribution in [2.75, 3.05) is 32.6 Å². The second-order valence-electron chi connectivity index (χ2n) is 6.51. The number of aliphatic hydroxyl groups is 1. The number of aliphatic hydroxyl groups excluding tert-OH is 1. The van der Waals surface area contributed by atoms with Gasteiger partial charge in [-0.15, -0.1) is 0 Å². The maximum Gasteiger partial charge on any atom is 0.191 e. The third-order valence-corrected chi connectivity index (χ3v) is 4.09. The number of ether oxygens (including phenoxy) is 1. The Morgan fingerprint density at radius 2 is 2.04 bits per heavy atom.